The molecular formula is C22H35BrO4Si. The first-order valence-corrected chi connectivity index (χ1v) is 14.4. The summed E-state index contributed by atoms with van der Waals surface area (Å²) in [5.74, 6) is -0.297. The summed E-state index contributed by atoms with van der Waals surface area (Å²) < 4.78 is 28.3. The van der Waals surface area contributed by atoms with Crippen molar-refractivity contribution in [2.45, 2.75) is 89.7 Å². The smallest absolute Gasteiger partial charge is 0.205 e. The fraction of sp³-hybridized carbons (Fsp3) is 0.909. The molecule has 4 nitrogen and oxygen atoms in total. The van der Waals surface area contributed by atoms with Gasteiger partial charge in [-0.2, -0.15) is 0 Å². The maximum absolute atomic E-state index is 7.35. The molecule has 2 aliphatic heterocycles. The molecule has 4 fully saturated rings. The monoisotopic (exact) mass is 470 g/mol. The number of halogens is 1. The predicted octanol–water partition coefficient (Wildman–Crippen LogP) is 5.23. The number of epoxide rings is 1. The third-order valence-electron chi connectivity index (χ3n) is 10.2. The third kappa shape index (κ3) is 1.60. The Labute approximate surface area is 179 Å². The van der Waals surface area contributed by atoms with Crippen LogP contribution in [-0.4, -0.2) is 45.6 Å². The molecular weight excluding hydrogens is 436 g/mol. The van der Waals surface area contributed by atoms with E-state index in [0.717, 1.165) is 24.6 Å². The fourth-order valence-electron chi connectivity index (χ4n) is 8.04. The summed E-state index contributed by atoms with van der Waals surface area (Å²) in [7, 11) is -0.0786. The molecule has 2 heterocycles. The summed E-state index contributed by atoms with van der Waals surface area (Å²) in [6, 6.07) is 3.37. The molecule has 4 bridgehead atoms. The number of methoxy groups -OCH3 is 1. The highest BCUT2D eigenvalue weighted by Gasteiger charge is 2.97. The Hall–Kier alpha value is 0.277. The van der Waals surface area contributed by atoms with Crippen molar-refractivity contribution in [3.63, 3.8) is 0 Å². The van der Waals surface area contributed by atoms with Crippen molar-refractivity contribution in [2.24, 2.45) is 22.2 Å². The molecule has 0 aromatic heterocycles. The lowest BCUT2D eigenvalue weighted by atomic mass is 9.39. The largest absolute Gasteiger partial charge is 0.407 e. The zero-order valence-corrected chi connectivity index (χ0v) is 20.9. The van der Waals surface area contributed by atoms with Crippen LogP contribution >= 0.6 is 15.9 Å². The van der Waals surface area contributed by atoms with E-state index in [-0.39, 0.29) is 27.9 Å². The van der Waals surface area contributed by atoms with Crippen molar-refractivity contribution in [3.8, 4) is 0 Å². The van der Waals surface area contributed by atoms with E-state index in [1.165, 1.54) is 4.48 Å². The van der Waals surface area contributed by atoms with Crippen LogP contribution in [0.25, 0.3) is 0 Å². The summed E-state index contributed by atoms with van der Waals surface area (Å²) in [4.78, 5) is 0. The molecule has 0 unspecified atom stereocenters. The summed E-state index contributed by atoms with van der Waals surface area (Å²) in [6.07, 6.45) is 3.76. The fourth-order valence-corrected chi connectivity index (χ4v) is 12.0. The van der Waals surface area contributed by atoms with Gasteiger partial charge in [-0.25, -0.2) is 0 Å². The van der Waals surface area contributed by atoms with Crippen LogP contribution in [0.1, 0.15) is 48.0 Å². The Balaban J connectivity index is 1.79. The predicted molar refractivity (Wildman–Crippen MR) is 115 cm³/mol. The van der Waals surface area contributed by atoms with Gasteiger partial charge >= 0.3 is 0 Å². The first kappa shape index (κ1) is 20.2. The van der Waals surface area contributed by atoms with Crippen molar-refractivity contribution in [3.05, 3.63) is 10.6 Å². The number of ether oxygens (including phenoxy) is 3. The molecule has 0 radical (unpaired) electrons. The molecule has 2 saturated carbocycles. The SMILES string of the molecule is CC[Si](CC)(CC)O[C@@H]1[C@]2(OC)OC[C@@]3(C)[C@]2(C)C(Br)=C[C@@]12[C@H](C)C[C@@H]1O[C@@]123. The molecule has 2 saturated heterocycles. The average Bonchev–Trinajstić information content (AvgIpc) is 3.30. The van der Waals surface area contributed by atoms with Gasteiger partial charge in [-0.15, -0.1) is 0 Å². The van der Waals surface area contributed by atoms with Gasteiger partial charge < -0.3 is 18.6 Å². The van der Waals surface area contributed by atoms with Gasteiger partial charge in [-0.3, -0.25) is 0 Å². The first-order valence-electron chi connectivity index (χ1n) is 11.1. The van der Waals surface area contributed by atoms with Crippen molar-refractivity contribution < 1.29 is 18.6 Å². The maximum Gasteiger partial charge on any atom is 0.205 e. The lowest BCUT2D eigenvalue weighted by molar-refractivity contribution is -0.334. The Morgan fingerprint density at radius 3 is 2.43 bits per heavy atom. The average molecular weight is 472 g/mol. The molecule has 4 aliphatic carbocycles. The quantitative estimate of drug-likeness (QED) is 0.393. The van der Waals surface area contributed by atoms with Crippen LogP contribution in [0.4, 0.5) is 0 Å². The zero-order chi connectivity index (χ0) is 20.4. The molecule has 28 heavy (non-hydrogen) atoms. The standard InChI is InChI=1S/C22H35BrO4Si/c1-8-28(9-2,10-3)27-17-20-12-15(23)19(6)18(5,13-25-22(17,19)24-7)21(20)16(26-21)11-14(20)4/h12,14,16-17H,8-11,13H2,1-7H3/t14-,16+,17+,18+,19+,20-,21-,22+/m1/s1. The van der Waals surface area contributed by atoms with E-state index in [0.29, 0.717) is 18.6 Å². The lowest BCUT2D eigenvalue weighted by Gasteiger charge is -2.68. The molecule has 2 spiro atoms. The van der Waals surface area contributed by atoms with E-state index < -0.39 is 14.1 Å². The highest BCUT2D eigenvalue weighted by Crippen LogP contribution is 2.87. The molecule has 6 rings (SSSR count). The first-order chi connectivity index (χ1) is 13.1. The number of hydrogen-bond acceptors (Lipinski definition) is 4. The summed E-state index contributed by atoms with van der Waals surface area (Å²) in [5, 5.41) is 0. The molecule has 158 valence electrons. The van der Waals surface area contributed by atoms with Crippen LogP contribution < -0.4 is 0 Å². The molecule has 8 atom stereocenters. The van der Waals surface area contributed by atoms with Gasteiger partial charge in [0.1, 0.15) is 11.7 Å². The zero-order valence-electron chi connectivity index (χ0n) is 18.4. The van der Waals surface area contributed by atoms with E-state index >= 15 is 0 Å². The van der Waals surface area contributed by atoms with Crippen molar-refractivity contribution >= 4 is 24.2 Å². The van der Waals surface area contributed by atoms with Crippen molar-refractivity contribution in [1.82, 2.24) is 0 Å². The lowest BCUT2D eigenvalue weighted by Crippen LogP contribution is -2.79. The van der Waals surface area contributed by atoms with Gasteiger partial charge in [0.2, 0.25) is 5.79 Å². The second-order valence-corrected chi connectivity index (χ2v) is 15.8. The highest BCUT2D eigenvalue weighted by molar-refractivity contribution is 9.11. The topological polar surface area (TPSA) is 40.2 Å². The van der Waals surface area contributed by atoms with Crippen LogP contribution in [-0.2, 0) is 18.6 Å². The van der Waals surface area contributed by atoms with Crippen LogP contribution in [0.2, 0.25) is 18.1 Å². The Kier molecular flexibility index (Phi) is 4.00. The molecule has 6 heteroatoms. The maximum atomic E-state index is 7.35. The van der Waals surface area contributed by atoms with Gasteiger partial charge in [0.15, 0.2) is 8.32 Å². The molecule has 6 aliphatic rings. The summed E-state index contributed by atoms with van der Waals surface area (Å²) >= 11 is 3.99. The van der Waals surface area contributed by atoms with Gasteiger partial charge in [0, 0.05) is 17.0 Å². The van der Waals surface area contributed by atoms with Crippen LogP contribution in [0.5, 0.6) is 0 Å². The van der Waals surface area contributed by atoms with Gasteiger partial charge in [-0.1, -0.05) is 56.6 Å². The normalized spacial score (nSPS) is 55.9. The molecule has 0 amide bonds. The van der Waals surface area contributed by atoms with E-state index in [1.54, 1.807) is 0 Å². The molecule has 0 aromatic carbocycles. The Morgan fingerprint density at radius 1 is 1.21 bits per heavy atom. The Morgan fingerprint density at radius 2 is 1.86 bits per heavy atom. The van der Waals surface area contributed by atoms with Crippen LogP contribution in [0.3, 0.4) is 0 Å². The molecule has 0 N–H and O–H groups in total. The van der Waals surface area contributed by atoms with Gasteiger partial charge in [0.25, 0.3) is 0 Å². The highest BCUT2D eigenvalue weighted by atomic mass is 79.9. The van der Waals surface area contributed by atoms with Crippen molar-refractivity contribution in [2.75, 3.05) is 13.7 Å². The van der Waals surface area contributed by atoms with Gasteiger partial charge in [0.05, 0.1) is 23.5 Å². The summed E-state index contributed by atoms with van der Waals surface area (Å²) in [6.45, 7) is 14.6. The molecule has 0 aromatic rings. The Bertz CT molecular complexity index is 747. The van der Waals surface area contributed by atoms with Crippen LogP contribution in [0, 0.1) is 22.2 Å². The van der Waals surface area contributed by atoms with E-state index in [1.807, 2.05) is 7.11 Å². The number of hydrogen-bond donors (Lipinski definition) is 0. The van der Waals surface area contributed by atoms with Gasteiger partial charge in [-0.05, 0) is 37.4 Å². The number of rotatable bonds is 6. The van der Waals surface area contributed by atoms with E-state index in [9.17, 15) is 0 Å². The van der Waals surface area contributed by atoms with Crippen LogP contribution in [0.15, 0.2) is 10.6 Å². The minimum absolute atomic E-state index is 0.124. The van der Waals surface area contributed by atoms with E-state index in [2.05, 4.69) is 63.5 Å². The minimum Gasteiger partial charge on any atom is -0.407 e. The second kappa shape index (κ2) is 5.55. The second-order valence-electron chi connectivity index (χ2n) is 10.3. The summed E-state index contributed by atoms with van der Waals surface area (Å²) in [5.41, 5.74) is -0.847. The van der Waals surface area contributed by atoms with Crippen molar-refractivity contribution in [1.29, 1.82) is 0 Å². The minimum atomic E-state index is -1.89. The van der Waals surface area contributed by atoms with E-state index in [4.69, 9.17) is 18.6 Å². The third-order valence-corrected chi connectivity index (χ3v) is 15.8.